The number of rotatable bonds is 7. The smallest absolute Gasteiger partial charge is 0.307 e. The van der Waals surface area contributed by atoms with Crippen LogP contribution in [0.3, 0.4) is 0 Å². The molecule has 1 N–H and O–H groups in total. The summed E-state index contributed by atoms with van der Waals surface area (Å²) in [5.74, 6) is -0.0716. The Labute approximate surface area is 119 Å². The highest BCUT2D eigenvalue weighted by atomic mass is 16.5. The lowest BCUT2D eigenvalue weighted by atomic mass is 9.99. The number of carbonyl (C=O) groups excluding carboxylic acids is 2. The summed E-state index contributed by atoms with van der Waals surface area (Å²) in [6.45, 7) is 3.94. The third kappa shape index (κ3) is 4.06. The van der Waals surface area contributed by atoms with Gasteiger partial charge in [0.15, 0.2) is 5.78 Å². The van der Waals surface area contributed by atoms with Crippen molar-refractivity contribution in [3.8, 4) is 5.75 Å². The molecule has 0 aromatic heterocycles. The number of aryl methyl sites for hydroxylation is 1. The molecule has 0 aliphatic carbocycles. The van der Waals surface area contributed by atoms with Gasteiger partial charge in [-0.2, -0.15) is 0 Å². The number of ether oxygens (including phenoxy) is 2. The maximum absolute atomic E-state index is 12.5. The Kier molecular flexibility index (Phi) is 6.18. The van der Waals surface area contributed by atoms with Crippen LogP contribution < -0.4 is 10.1 Å². The van der Waals surface area contributed by atoms with Crippen LogP contribution in [0.1, 0.15) is 29.3 Å². The van der Waals surface area contributed by atoms with E-state index in [4.69, 9.17) is 9.47 Å². The minimum Gasteiger partial charge on any atom is -0.496 e. The zero-order chi connectivity index (χ0) is 15.1. The lowest BCUT2D eigenvalue weighted by molar-refractivity contribution is -0.143. The van der Waals surface area contributed by atoms with E-state index in [9.17, 15) is 9.59 Å². The Bertz CT molecular complexity index is 485. The predicted molar refractivity (Wildman–Crippen MR) is 76.2 cm³/mol. The molecule has 5 nitrogen and oxygen atoms in total. The van der Waals surface area contributed by atoms with Gasteiger partial charge in [-0.3, -0.25) is 9.59 Å². The van der Waals surface area contributed by atoms with E-state index < -0.39 is 12.0 Å². The number of carbonyl (C=O) groups is 2. The zero-order valence-corrected chi connectivity index (χ0v) is 12.4. The van der Waals surface area contributed by atoms with Crippen molar-refractivity contribution < 1.29 is 19.1 Å². The normalized spacial score (nSPS) is 11.8. The first-order chi connectivity index (χ1) is 9.53. The second kappa shape index (κ2) is 7.65. The maximum atomic E-state index is 12.5. The Morgan fingerprint density at radius 1 is 1.35 bits per heavy atom. The molecule has 20 heavy (non-hydrogen) atoms. The molecule has 1 aromatic carbocycles. The molecule has 0 amide bonds. The van der Waals surface area contributed by atoms with E-state index >= 15 is 0 Å². The van der Waals surface area contributed by atoms with Crippen molar-refractivity contribution in [3.05, 3.63) is 29.3 Å². The second-order valence-corrected chi connectivity index (χ2v) is 4.42. The Morgan fingerprint density at radius 3 is 2.60 bits per heavy atom. The SMILES string of the molecule is CCOC(=O)CC(NC)C(=O)c1cc(C)ccc1OC. The van der Waals surface area contributed by atoms with Gasteiger partial charge in [0.05, 0.1) is 31.7 Å². The summed E-state index contributed by atoms with van der Waals surface area (Å²) in [4.78, 5) is 24.0. The summed E-state index contributed by atoms with van der Waals surface area (Å²) in [6, 6.07) is 4.76. The molecule has 0 spiro atoms. The maximum Gasteiger partial charge on any atom is 0.307 e. The first kappa shape index (κ1) is 16.2. The standard InChI is InChI=1S/C15H21NO4/c1-5-20-14(17)9-12(16-3)15(18)11-8-10(2)6-7-13(11)19-4/h6-8,12,16H,5,9H2,1-4H3. The molecule has 1 aromatic rings. The molecule has 0 saturated heterocycles. The van der Waals surface area contributed by atoms with Crippen LogP contribution in [0.2, 0.25) is 0 Å². The summed E-state index contributed by atoms with van der Waals surface area (Å²) in [5.41, 5.74) is 1.43. The predicted octanol–water partition coefficient (Wildman–Crippen LogP) is 1.73. The quantitative estimate of drug-likeness (QED) is 0.608. The number of hydrogen-bond acceptors (Lipinski definition) is 5. The molecule has 0 radical (unpaired) electrons. The fraction of sp³-hybridized carbons (Fsp3) is 0.467. The van der Waals surface area contributed by atoms with Gasteiger partial charge in [0.1, 0.15) is 5.75 Å². The average molecular weight is 279 g/mol. The summed E-state index contributed by atoms with van der Waals surface area (Å²) in [7, 11) is 3.16. The van der Waals surface area contributed by atoms with Crippen molar-refractivity contribution in [2.75, 3.05) is 20.8 Å². The molecule has 5 heteroatoms. The fourth-order valence-electron chi connectivity index (χ4n) is 1.91. The highest BCUT2D eigenvalue weighted by molar-refractivity contribution is 6.04. The van der Waals surface area contributed by atoms with E-state index in [-0.39, 0.29) is 12.2 Å². The average Bonchev–Trinajstić information content (AvgIpc) is 2.44. The molecular weight excluding hydrogens is 258 g/mol. The molecule has 0 aliphatic heterocycles. The Balaban J connectivity index is 2.96. The minimum absolute atomic E-state index is 0.000267. The molecule has 1 unspecified atom stereocenters. The molecule has 0 fully saturated rings. The number of benzene rings is 1. The number of ketones is 1. The molecule has 1 atom stereocenters. The number of methoxy groups -OCH3 is 1. The number of Topliss-reactive ketones (excluding diaryl/α,β-unsaturated/α-hetero) is 1. The summed E-state index contributed by atoms with van der Waals surface area (Å²) in [5, 5.41) is 2.85. The van der Waals surface area contributed by atoms with E-state index in [0.717, 1.165) is 5.56 Å². The van der Waals surface area contributed by atoms with E-state index in [1.54, 1.807) is 26.1 Å². The molecule has 0 saturated carbocycles. The van der Waals surface area contributed by atoms with Crippen molar-refractivity contribution >= 4 is 11.8 Å². The highest BCUT2D eigenvalue weighted by Crippen LogP contribution is 2.22. The number of hydrogen-bond donors (Lipinski definition) is 1. The minimum atomic E-state index is -0.621. The van der Waals surface area contributed by atoms with Gasteiger partial charge < -0.3 is 14.8 Å². The number of nitrogens with one attached hydrogen (secondary N) is 1. The molecule has 110 valence electrons. The highest BCUT2D eigenvalue weighted by Gasteiger charge is 2.24. The van der Waals surface area contributed by atoms with Crippen LogP contribution >= 0.6 is 0 Å². The van der Waals surface area contributed by atoms with Gasteiger partial charge in [-0.25, -0.2) is 0 Å². The van der Waals surface area contributed by atoms with Gasteiger partial charge in [-0.05, 0) is 33.0 Å². The third-order valence-corrected chi connectivity index (χ3v) is 2.96. The van der Waals surface area contributed by atoms with Crippen molar-refractivity contribution in [1.29, 1.82) is 0 Å². The Hall–Kier alpha value is -1.88. The first-order valence-corrected chi connectivity index (χ1v) is 6.55. The van der Waals surface area contributed by atoms with Crippen LogP contribution in [0.4, 0.5) is 0 Å². The summed E-state index contributed by atoms with van der Waals surface area (Å²) >= 11 is 0. The summed E-state index contributed by atoms with van der Waals surface area (Å²) in [6.07, 6.45) is 0.000267. The molecular formula is C15H21NO4. The van der Waals surface area contributed by atoms with E-state index in [1.807, 2.05) is 13.0 Å². The van der Waals surface area contributed by atoms with E-state index in [0.29, 0.717) is 17.9 Å². The van der Waals surface area contributed by atoms with Gasteiger partial charge in [0, 0.05) is 0 Å². The van der Waals surface area contributed by atoms with Crippen LogP contribution in [-0.4, -0.2) is 38.6 Å². The van der Waals surface area contributed by atoms with E-state index in [1.165, 1.54) is 7.11 Å². The summed E-state index contributed by atoms with van der Waals surface area (Å²) < 4.78 is 10.1. The van der Waals surface area contributed by atoms with Crippen LogP contribution in [0, 0.1) is 6.92 Å². The lowest BCUT2D eigenvalue weighted by Crippen LogP contribution is -2.36. The number of likely N-dealkylation sites (N-methyl/N-ethyl adjacent to an activating group) is 1. The topological polar surface area (TPSA) is 64.6 Å². The van der Waals surface area contributed by atoms with E-state index in [2.05, 4.69) is 5.32 Å². The van der Waals surface area contributed by atoms with Crippen LogP contribution in [0.25, 0.3) is 0 Å². The van der Waals surface area contributed by atoms with Gasteiger partial charge in [0.25, 0.3) is 0 Å². The molecule has 0 heterocycles. The monoisotopic (exact) mass is 279 g/mol. The molecule has 0 bridgehead atoms. The fourth-order valence-corrected chi connectivity index (χ4v) is 1.91. The largest absolute Gasteiger partial charge is 0.496 e. The van der Waals surface area contributed by atoms with Crippen molar-refractivity contribution in [3.63, 3.8) is 0 Å². The van der Waals surface area contributed by atoms with Gasteiger partial charge in [-0.1, -0.05) is 11.6 Å². The van der Waals surface area contributed by atoms with Gasteiger partial charge >= 0.3 is 5.97 Å². The van der Waals surface area contributed by atoms with Crippen molar-refractivity contribution in [1.82, 2.24) is 5.32 Å². The molecule has 1 rings (SSSR count). The lowest BCUT2D eigenvalue weighted by Gasteiger charge is -2.16. The Morgan fingerprint density at radius 2 is 2.05 bits per heavy atom. The van der Waals surface area contributed by atoms with Crippen molar-refractivity contribution in [2.45, 2.75) is 26.3 Å². The van der Waals surface area contributed by atoms with Crippen LogP contribution in [-0.2, 0) is 9.53 Å². The van der Waals surface area contributed by atoms with Crippen LogP contribution in [0.15, 0.2) is 18.2 Å². The first-order valence-electron chi connectivity index (χ1n) is 6.55. The second-order valence-electron chi connectivity index (χ2n) is 4.42. The van der Waals surface area contributed by atoms with Crippen LogP contribution in [0.5, 0.6) is 5.75 Å². The zero-order valence-electron chi connectivity index (χ0n) is 12.4. The van der Waals surface area contributed by atoms with Gasteiger partial charge in [-0.15, -0.1) is 0 Å². The third-order valence-electron chi connectivity index (χ3n) is 2.96. The van der Waals surface area contributed by atoms with Crippen molar-refractivity contribution in [2.24, 2.45) is 0 Å². The van der Waals surface area contributed by atoms with Gasteiger partial charge in [0.2, 0.25) is 0 Å². The number of esters is 1. The molecule has 0 aliphatic rings.